The third-order valence-electron chi connectivity index (χ3n) is 1.76. The van der Waals surface area contributed by atoms with Gasteiger partial charge < -0.3 is 4.74 Å². The third-order valence-corrected chi connectivity index (χ3v) is 1.76. The predicted molar refractivity (Wildman–Crippen MR) is 51.8 cm³/mol. The Morgan fingerprint density at radius 1 is 1.27 bits per heavy atom. The van der Waals surface area contributed by atoms with E-state index >= 15 is 0 Å². The number of ether oxygens (including phenoxy) is 1. The Kier molecular flexibility index (Phi) is 2.32. The van der Waals surface area contributed by atoms with Crippen molar-refractivity contribution < 1.29 is 9.66 Å². The highest BCUT2D eigenvalue weighted by Gasteiger charge is 2.04. The van der Waals surface area contributed by atoms with Gasteiger partial charge in [-0.2, -0.15) is 5.10 Å². The Morgan fingerprint density at radius 3 is 2.53 bits per heavy atom. The van der Waals surface area contributed by atoms with Crippen molar-refractivity contribution in [3.8, 4) is 11.5 Å². The lowest BCUT2D eigenvalue weighted by molar-refractivity contribution is -0.384. The minimum absolute atomic E-state index is 0.0366. The summed E-state index contributed by atoms with van der Waals surface area (Å²) >= 11 is 0. The number of nitro groups is 1. The monoisotopic (exact) mass is 205 g/mol. The molecule has 0 fully saturated rings. The van der Waals surface area contributed by atoms with Crippen LogP contribution in [0, 0.1) is 10.1 Å². The van der Waals surface area contributed by atoms with Gasteiger partial charge in [-0.25, -0.2) is 0 Å². The van der Waals surface area contributed by atoms with Gasteiger partial charge in [-0.05, 0) is 12.1 Å². The summed E-state index contributed by atoms with van der Waals surface area (Å²) in [5.74, 6) is 1.09. The van der Waals surface area contributed by atoms with Gasteiger partial charge in [0.05, 0.1) is 17.3 Å². The average molecular weight is 205 g/mol. The zero-order chi connectivity index (χ0) is 10.7. The van der Waals surface area contributed by atoms with Gasteiger partial charge in [-0.3, -0.25) is 15.2 Å². The van der Waals surface area contributed by atoms with E-state index in [0.717, 1.165) is 0 Å². The molecule has 1 aromatic carbocycles. The van der Waals surface area contributed by atoms with Crippen molar-refractivity contribution in [1.82, 2.24) is 10.2 Å². The standard InChI is InChI=1S/C9H7N3O3/c13-12(14)7-1-3-8(4-2-7)15-9-5-10-11-6-9/h1-6H,(H,10,11). The molecule has 0 unspecified atom stereocenters. The van der Waals surface area contributed by atoms with Gasteiger partial charge in [0.1, 0.15) is 5.75 Å². The molecule has 2 aromatic rings. The minimum Gasteiger partial charge on any atom is -0.454 e. The van der Waals surface area contributed by atoms with Crippen molar-refractivity contribution in [3.63, 3.8) is 0 Å². The molecule has 0 spiro atoms. The lowest BCUT2D eigenvalue weighted by Gasteiger charge is -2.00. The van der Waals surface area contributed by atoms with Crippen molar-refractivity contribution in [2.75, 3.05) is 0 Å². The van der Waals surface area contributed by atoms with Crippen LogP contribution >= 0.6 is 0 Å². The van der Waals surface area contributed by atoms with E-state index in [9.17, 15) is 10.1 Å². The van der Waals surface area contributed by atoms with Gasteiger partial charge in [0, 0.05) is 12.1 Å². The summed E-state index contributed by atoms with van der Waals surface area (Å²) in [4.78, 5) is 9.92. The molecule has 2 rings (SSSR count). The van der Waals surface area contributed by atoms with Gasteiger partial charge in [-0.15, -0.1) is 0 Å². The van der Waals surface area contributed by atoms with Crippen LogP contribution in [0.5, 0.6) is 11.5 Å². The summed E-state index contributed by atoms with van der Waals surface area (Å²) in [6.07, 6.45) is 3.10. The van der Waals surface area contributed by atoms with Crippen LogP contribution in [0.25, 0.3) is 0 Å². The topological polar surface area (TPSA) is 81.1 Å². The van der Waals surface area contributed by atoms with Gasteiger partial charge in [0.2, 0.25) is 0 Å². The van der Waals surface area contributed by atoms with E-state index in [1.807, 2.05) is 0 Å². The molecule has 6 heteroatoms. The quantitative estimate of drug-likeness (QED) is 0.614. The van der Waals surface area contributed by atoms with Crippen LogP contribution in [0.1, 0.15) is 0 Å². The van der Waals surface area contributed by atoms with Crippen molar-refractivity contribution >= 4 is 5.69 Å². The smallest absolute Gasteiger partial charge is 0.269 e. The van der Waals surface area contributed by atoms with E-state index in [1.165, 1.54) is 30.5 Å². The normalized spacial score (nSPS) is 9.87. The number of nitrogens with one attached hydrogen (secondary N) is 1. The SMILES string of the molecule is O=[N+]([O-])c1ccc(Oc2cn[nH]c2)cc1. The summed E-state index contributed by atoms with van der Waals surface area (Å²) in [6.45, 7) is 0. The highest BCUT2D eigenvalue weighted by atomic mass is 16.6. The van der Waals surface area contributed by atoms with Crippen LogP contribution in [0.15, 0.2) is 36.7 Å². The number of benzene rings is 1. The first-order valence-corrected chi connectivity index (χ1v) is 4.17. The molecular weight excluding hydrogens is 198 g/mol. The molecule has 0 radical (unpaired) electrons. The molecule has 0 atom stereocenters. The first-order chi connectivity index (χ1) is 7.25. The van der Waals surface area contributed by atoms with Gasteiger partial charge in [0.15, 0.2) is 5.75 Å². The zero-order valence-corrected chi connectivity index (χ0v) is 7.58. The average Bonchev–Trinajstić information content (AvgIpc) is 2.71. The molecule has 0 aliphatic carbocycles. The second kappa shape index (κ2) is 3.79. The maximum atomic E-state index is 10.4. The number of aromatic amines is 1. The molecule has 0 aliphatic rings. The fraction of sp³-hybridized carbons (Fsp3) is 0. The molecule has 1 aromatic heterocycles. The van der Waals surface area contributed by atoms with E-state index in [4.69, 9.17) is 4.74 Å². The Hall–Kier alpha value is -2.37. The van der Waals surface area contributed by atoms with E-state index in [0.29, 0.717) is 11.5 Å². The number of nitro benzene ring substituents is 1. The van der Waals surface area contributed by atoms with E-state index < -0.39 is 4.92 Å². The number of rotatable bonds is 3. The van der Waals surface area contributed by atoms with Gasteiger partial charge in [0.25, 0.3) is 5.69 Å². The lowest BCUT2D eigenvalue weighted by Crippen LogP contribution is -1.87. The van der Waals surface area contributed by atoms with Crippen LogP contribution in [-0.4, -0.2) is 15.1 Å². The van der Waals surface area contributed by atoms with Crippen LogP contribution in [0.3, 0.4) is 0 Å². The summed E-state index contributed by atoms with van der Waals surface area (Å²) in [5.41, 5.74) is 0.0366. The summed E-state index contributed by atoms with van der Waals surface area (Å²) < 4.78 is 5.34. The minimum atomic E-state index is -0.457. The fourth-order valence-corrected chi connectivity index (χ4v) is 1.07. The van der Waals surface area contributed by atoms with E-state index in [-0.39, 0.29) is 5.69 Å². The van der Waals surface area contributed by atoms with Gasteiger partial charge in [-0.1, -0.05) is 0 Å². The highest BCUT2D eigenvalue weighted by molar-refractivity contribution is 5.37. The summed E-state index contributed by atoms with van der Waals surface area (Å²) in [7, 11) is 0. The summed E-state index contributed by atoms with van der Waals surface area (Å²) in [5, 5.41) is 16.7. The second-order valence-electron chi connectivity index (χ2n) is 2.79. The lowest BCUT2D eigenvalue weighted by atomic mass is 10.3. The molecule has 0 saturated heterocycles. The van der Waals surface area contributed by atoms with Crippen molar-refractivity contribution in [2.24, 2.45) is 0 Å². The van der Waals surface area contributed by atoms with Crippen LogP contribution < -0.4 is 4.74 Å². The molecule has 1 heterocycles. The number of nitrogens with zero attached hydrogens (tertiary/aromatic N) is 2. The van der Waals surface area contributed by atoms with E-state index in [1.54, 1.807) is 6.20 Å². The van der Waals surface area contributed by atoms with Crippen LogP contribution in [-0.2, 0) is 0 Å². The third kappa shape index (κ3) is 2.11. The highest BCUT2D eigenvalue weighted by Crippen LogP contribution is 2.22. The Bertz CT molecular complexity index is 450. The number of hydrogen-bond acceptors (Lipinski definition) is 4. The van der Waals surface area contributed by atoms with Crippen LogP contribution in [0.4, 0.5) is 5.69 Å². The van der Waals surface area contributed by atoms with Gasteiger partial charge >= 0.3 is 0 Å². The number of non-ortho nitro benzene ring substituents is 1. The molecule has 15 heavy (non-hydrogen) atoms. The number of aromatic nitrogens is 2. The Morgan fingerprint density at radius 2 is 2.00 bits per heavy atom. The second-order valence-corrected chi connectivity index (χ2v) is 2.79. The predicted octanol–water partition coefficient (Wildman–Crippen LogP) is 2.11. The molecule has 0 amide bonds. The largest absolute Gasteiger partial charge is 0.454 e. The molecule has 76 valence electrons. The first kappa shape index (κ1) is 9.20. The summed E-state index contributed by atoms with van der Waals surface area (Å²) in [6, 6.07) is 5.83. The number of hydrogen-bond donors (Lipinski definition) is 1. The fourth-order valence-electron chi connectivity index (χ4n) is 1.07. The molecular formula is C9H7N3O3. The molecule has 0 aliphatic heterocycles. The van der Waals surface area contributed by atoms with E-state index in [2.05, 4.69) is 10.2 Å². The first-order valence-electron chi connectivity index (χ1n) is 4.17. The molecule has 0 saturated carbocycles. The number of H-pyrrole nitrogens is 1. The van der Waals surface area contributed by atoms with Crippen molar-refractivity contribution in [3.05, 3.63) is 46.8 Å². The molecule has 6 nitrogen and oxygen atoms in total. The Balaban J connectivity index is 2.14. The molecule has 0 bridgehead atoms. The van der Waals surface area contributed by atoms with Crippen LogP contribution in [0.2, 0.25) is 0 Å². The Labute approximate surface area is 84.7 Å². The van der Waals surface area contributed by atoms with Crippen molar-refractivity contribution in [2.45, 2.75) is 0 Å². The maximum absolute atomic E-state index is 10.4. The maximum Gasteiger partial charge on any atom is 0.269 e. The van der Waals surface area contributed by atoms with Crippen molar-refractivity contribution in [1.29, 1.82) is 0 Å². The molecule has 1 N–H and O–H groups in total. The zero-order valence-electron chi connectivity index (χ0n) is 7.58.